The van der Waals surface area contributed by atoms with E-state index >= 15 is 0 Å². The van der Waals surface area contributed by atoms with Crippen molar-refractivity contribution >= 4 is 35.2 Å². The summed E-state index contributed by atoms with van der Waals surface area (Å²) >= 11 is 0. The first kappa shape index (κ1) is 38.8. The number of anilines is 4. The van der Waals surface area contributed by atoms with Crippen LogP contribution < -0.4 is 31.1 Å². The number of ether oxygens (including phenoxy) is 2. The highest BCUT2D eigenvalue weighted by atomic mass is 16.7. The molecule has 0 bridgehead atoms. The number of hydroxylamine groups is 2. The molecule has 6 aromatic rings. The van der Waals surface area contributed by atoms with Gasteiger partial charge in [-0.05, 0) is 102 Å². The molecule has 0 aliphatic carbocycles. The second-order valence-corrected chi connectivity index (χ2v) is 12.6. The SMILES string of the molecule is CONC(=O)c1cc(CCc2cnc(Nc3ccc(CONC(=O)c4cc(CCc5cnc(Nc6ccn(C)n6)nc5)cc(OC)c4)cc3)nc2)cc(OC)c1. The molecule has 0 aliphatic rings. The van der Waals surface area contributed by atoms with Crippen LogP contribution in [0.2, 0.25) is 0 Å². The highest BCUT2D eigenvalue weighted by Crippen LogP contribution is 2.21. The normalized spacial score (nSPS) is 10.8. The zero-order valence-electron chi connectivity index (χ0n) is 31.4. The maximum atomic E-state index is 13.0. The standard InChI is InChI=1S/C40H42N10O6/c1-50-14-13-36(47-50)46-40-43-23-30(24-44-40)8-6-28-16-32(20-35(18-28)54-3)38(52)49-56-25-26-9-11-33(12-10-26)45-39-41-21-29(22-42-39)7-5-27-15-31(37(51)48-55-4)19-34(17-27)53-2/h9-24H,5-8,25H2,1-4H3,(H,48,51)(H,49,52)(H,41,42,45)(H,43,44,46,47). The molecule has 2 amide bonds. The van der Waals surface area contributed by atoms with E-state index in [-0.39, 0.29) is 18.4 Å². The van der Waals surface area contributed by atoms with E-state index in [4.69, 9.17) is 19.1 Å². The van der Waals surface area contributed by atoms with Crippen molar-refractivity contribution in [2.24, 2.45) is 7.05 Å². The smallest absolute Gasteiger partial charge is 0.274 e. The van der Waals surface area contributed by atoms with Crippen molar-refractivity contribution in [1.82, 2.24) is 40.7 Å². The van der Waals surface area contributed by atoms with Crippen LogP contribution >= 0.6 is 0 Å². The average Bonchev–Trinajstić information content (AvgIpc) is 3.64. The Balaban J connectivity index is 0.950. The second-order valence-electron chi connectivity index (χ2n) is 12.6. The number of benzene rings is 3. The zero-order valence-corrected chi connectivity index (χ0v) is 31.4. The largest absolute Gasteiger partial charge is 0.497 e. The average molecular weight is 759 g/mol. The number of aryl methyl sites for hydroxylation is 5. The molecular formula is C40H42N10O6. The fourth-order valence-corrected chi connectivity index (χ4v) is 5.59. The molecule has 56 heavy (non-hydrogen) atoms. The highest BCUT2D eigenvalue weighted by Gasteiger charge is 2.12. The maximum Gasteiger partial charge on any atom is 0.274 e. The maximum absolute atomic E-state index is 13.0. The first-order valence-corrected chi connectivity index (χ1v) is 17.6. The van der Waals surface area contributed by atoms with Gasteiger partial charge >= 0.3 is 0 Å². The summed E-state index contributed by atoms with van der Waals surface area (Å²) < 4.78 is 12.5. The van der Waals surface area contributed by atoms with E-state index in [1.165, 1.54) is 7.11 Å². The van der Waals surface area contributed by atoms with Gasteiger partial charge in [0.15, 0.2) is 5.82 Å². The first-order chi connectivity index (χ1) is 27.3. The molecule has 16 nitrogen and oxygen atoms in total. The Labute approximate surface area is 323 Å². The van der Waals surface area contributed by atoms with Gasteiger partial charge in [-0.2, -0.15) is 5.10 Å². The summed E-state index contributed by atoms with van der Waals surface area (Å²) in [7, 11) is 6.35. The number of aromatic nitrogens is 6. The molecule has 0 atom stereocenters. The van der Waals surface area contributed by atoms with Crippen molar-refractivity contribution in [3.8, 4) is 11.5 Å². The predicted molar refractivity (Wildman–Crippen MR) is 208 cm³/mol. The molecule has 0 saturated carbocycles. The lowest BCUT2D eigenvalue weighted by molar-refractivity contribution is 0.0233. The van der Waals surface area contributed by atoms with E-state index in [0.29, 0.717) is 66.0 Å². The Morgan fingerprint density at radius 2 is 1.12 bits per heavy atom. The molecule has 0 radical (unpaired) electrons. The summed E-state index contributed by atoms with van der Waals surface area (Å²) in [5.41, 5.74) is 11.1. The molecule has 6 rings (SSSR count). The van der Waals surface area contributed by atoms with E-state index in [1.54, 1.807) is 61.9 Å². The second kappa shape index (κ2) is 18.9. The van der Waals surface area contributed by atoms with E-state index < -0.39 is 0 Å². The minimum Gasteiger partial charge on any atom is -0.497 e. The summed E-state index contributed by atoms with van der Waals surface area (Å²) in [5.74, 6) is 1.99. The molecule has 3 heterocycles. The molecule has 3 aromatic heterocycles. The van der Waals surface area contributed by atoms with Crippen molar-refractivity contribution in [3.63, 3.8) is 0 Å². The Hall–Kier alpha value is -6.91. The number of carbonyl (C=O) groups excluding carboxylic acids is 2. The van der Waals surface area contributed by atoms with Gasteiger partial charge in [-0.15, -0.1) is 0 Å². The Bertz CT molecular complexity index is 2230. The van der Waals surface area contributed by atoms with Crippen LogP contribution in [0, 0.1) is 0 Å². The molecule has 0 fully saturated rings. The van der Waals surface area contributed by atoms with E-state index in [9.17, 15) is 9.59 Å². The number of nitrogens with zero attached hydrogens (tertiary/aromatic N) is 6. The van der Waals surface area contributed by atoms with Crippen molar-refractivity contribution < 1.29 is 28.7 Å². The van der Waals surface area contributed by atoms with Gasteiger partial charge in [-0.25, -0.2) is 30.9 Å². The number of rotatable bonds is 18. The Morgan fingerprint density at radius 3 is 1.62 bits per heavy atom. The lowest BCUT2D eigenvalue weighted by Gasteiger charge is -2.11. The third kappa shape index (κ3) is 11.1. The van der Waals surface area contributed by atoms with Crippen LogP contribution in [-0.2, 0) is 49.0 Å². The van der Waals surface area contributed by atoms with Gasteiger partial charge in [-0.3, -0.25) is 23.9 Å². The summed E-state index contributed by atoms with van der Waals surface area (Å²) in [6.07, 6.45) is 11.5. The predicted octanol–water partition coefficient (Wildman–Crippen LogP) is 5.23. The highest BCUT2D eigenvalue weighted by molar-refractivity contribution is 5.94. The molecule has 0 spiro atoms. The van der Waals surface area contributed by atoms with Gasteiger partial charge in [0.05, 0.1) is 27.9 Å². The molecular weight excluding hydrogens is 717 g/mol. The summed E-state index contributed by atoms with van der Waals surface area (Å²) in [6.45, 7) is 0.158. The van der Waals surface area contributed by atoms with Gasteiger partial charge in [0.25, 0.3) is 11.8 Å². The summed E-state index contributed by atoms with van der Waals surface area (Å²) in [6, 6.07) is 20.1. The monoisotopic (exact) mass is 758 g/mol. The van der Waals surface area contributed by atoms with Crippen LogP contribution in [0.25, 0.3) is 0 Å². The van der Waals surface area contributed by atoms with Crippen molar-refractivity contribution in [2.75, 3.05) is 32.0 Å². The number of carbonyl (C=O) groups is 2. The van der Waals surface area contributed by atoms with Gasteiger partial charge in [0.1, 0.15) is 11.5 Å². The molecule has 288 valence electrons. The number of methoxy groups -OCH3 is 2. The lowest BCUT2D eigenvalue weighted by atomic mass is 10.0. The van der Waals surface area contributed by atoms with E-state index in [1.807, 2.05) is 61.8 Å². The van der Waals surface area contributed by atoms with Crippen LogP contribution in [0.4, 0.5) is 23.4 Å². The Kier molecular flexibility index (Phi) is 13.1. The minimum absolute atomic E-state index is 0.158. The third-order valence-corrected chi connectivity index (χ3v) is 8.51. The number of hydrogen-bond donors (Lipinski definition) is 4. The lowest BCUT2D eigenvalue weighted by Crippen LogP contribution is -2.23. The quantitative estimate of drug-likeness (QED) is 0.0836. The summed E-state index contributed by atoms with van der Waals surface area (Å²) in [4.78, 5) is 53.2. The zero-order chi connectivity index (χ0) is 39.3. The molecule has 3 aromatic carbocycles. The summed E-state index contributed by atoms with van der Waals surface area (Å²) in [5, 5.41) is 10.5. The minimum atomic E-state index is -0.389. The van der Waals surface area contributed by atoms with E-state index in [0.717, 1.165) is 33.5 Å². The fourth-order valence-electron chi connectivity index (χ4n) is 5.59. The van der Waals surface area contributed by atoms with Crippen LogP contribution in [0.15, 0.2) is 97.7 Å². The number of amides is 2. The number of nitrogens with one attached hydrogen (secondary N) is 4. The molecule has 0 unspecified atom stereocenters. The van der Waals surface area contributed by atoms with Crippen LogP contribution in [0.5, 0.6) is 11.5 Å². The molecule has 16 heteroatoms. The van der Waals surface area contributed by atoms with Crippen molar-refractivity contribution in [1.29, 1.82) is 0 Å². The van der Waals surface area contributed by atoms with Gasteiger partial charge in [0.2, 0.25) is 11.9 Å². The number of hydrogen-bond acceptors (Lipinski definition) is 13. The topological polar surface area (TPSA) is 189 Å². The molecule has 0 aliphatic heterocycles. The van der Waals surface area contributed by atoms with Crippen LogP contribution in [0.3, 0.4) is 0 Å². The fraction of sp³-hybridized carbons (Fsp3) is 0.225. The van der Waals surface area contributed by atoms with Gasteiger partial charge in [0, 0.05) is 60.9 Å². The first-order valence-electron chi connectivity index (χ1n) is 17.6. The molecule has 4 N–H and O–H groups in total. The van der Waals surface area contributed by atoms with Gasteiger partial charge < -0.3 is 20.1 Å². The van der Waals surface area contributed by atoms with Crippen molar-refractivity contribution in [2.45, 2.75) is 32.3 Å². The van der Waals surface area contributed by atoms with Gasteiger partial charge in [-0.1, -0.05) is 12.1 Å². The molecule has 0 saturated heterocycles. The third-order valence-electron chi connectivity index (χ3n) is 8.51. The van der Waals surface area contributed by atoms with Crippen molar-refractivity contribution in [3.05, 3.63) is 137 Å². The Morgan fingerprint density at radius 1 is 0.607 bits per heavy atom. The van der Waals surface area contributed by atoms with E-state index in [2.05, 4.69) is 46.6 Å². The van der Waals surface area contributed by atoms with Crippen LogP contribution in [-0.4, -0.2) is 62.9 Å². The van der Waals surface area contributed by atoms with Crippen LogP contribution in [0.1, 0.15) is 48.5 Å².